The van der Waals surface area contributed by atoms with Crippen molar-refractivity contribution in [1.29, 1.82) is 0 Å². The Morgan fingerprint density at radius 3 is 2.67 bits per heavy atom. The standard InChI is InChI=1S/C24H23N3O2S/c1-2-29-18-10-11-21-22(16-18)30-24(25-21)27-14-12-26(13-15-27)23(28)20-9-5-7-17-6-3-4-8-19(17)20/h3-11,16H,2,12-15H2,1H3. The summed E-state index contributed by atoms with van der Waals surface area (Å²) < 4.78 is 6.73. The van der Waals surface area contributed by atoms with Crippen molar-refractivity contribution in [3.05, 3.63) is 66.2 Å². The van der Waals surface area contributed by atoms with Gasteiger partial charge in [0.15, 0.2) is 5.13 Å². The minimum atomic E-state index is 0.108. The highest BCUT2D eigenvalue weighted by Gasteiger charge is 2.25. The van der Waals surface area contributed by atoms with Gasteiger partial charge in [0.1, 0.15) is 5.75 Å². The summed E-state index contributed by atoms with van der Waals surface area (Å²) in [7, 11) is 0. The summed E-state index contributed by atoms with van der Waals surface area (Å²) in [5.41, 5.74) is 1.78. The Labute approximate surface area is 179 Å². The van der Waals surface area contributed by atoms with Crippen LogP contribution in [-0.4, -0.2) is 48.6 Å². The molecule has 1 aromatic heterocycles. The fourth-order valence-corrected chi connectivity index (χ4v) is 5.01. The van der Waals surface area contributed by atoms with E-state index >= 15 is 0 Å². The summed E-state index contributed by atoms with van der Waals surface area (Å²) in [6.07, 6.45) is 0. The van der Waals surface area contributed by atoms with Crippen molar-refractivity contribution in [3.63, 3.8) is 0 Å². The van der Waals surface area contributed by atoms with Crippen LogP contribution in [0.3, 0.4) is 0 Å². The van der Waals surface area contributed by atoms with Crippen molar-refractivity contribution in [3.8, 4) is 5.75 Å². The van der Waals surface area contributed by atoms with Crippen LogP contribution < -0.4 is 9.64 Å². The lowest BCUT2D eigenvalue weighted by molar-refractivity contribution is 0.0749. The highest BCUT2D eigenvalue weighted by atomic mass is 32.1. The molecule has 0 aliphatic carbocycles. The lowest BCUT2D eigenvalue weighted by Crippen LogP contribution is -2.48. The zero-order valence-corrected chi connectivity index (χ0v) is 17.7. The van der Waals surface area contributed by atoms with Crippen molar-refractivity contribution in [1.82, 2.24) is 9.88 Å². The van der Waals surface area contributed by atoms with E-state index in [1.807, 2.05) is 66.4 Å². The number of carbonyl (C=O) groups is 1. The van der Waals surface area contributed by atoms with Gasteiger partial charge in [-0.2, -0.15) is 0 Å². The zero-order valence-electron chi connectivity index (χ0n) is 16.9. The Hall–Kier alpha value is -3.12. The summed E-state index contributed by atoms with van der Waals surface area (Å²) in [5, 5.41) is 3.13. The molecule has 5 rings (SSSR count). The number of hydrogen-bond acceptors (Lipinski definition) is 5. The zero-order chi connectivity index (χ0) is 20.5. The normalized spacial score (nSPS) is 14.4. The molecule has 0 radical (unpaired) electrons. The first-order valence-electron chi connectivity index (χ1n) is 10.3. The van der Waals surface area contributed by atoms with E-state index in [1.54, 1.807) is 11.3 Å². The molecule has 1 aliphatic heterocycles. The van der Waals surface area contributed by atoms with E-state index in [0.29, 0.717) is 19.7 Å². The van der Waals surface area contributed by atoms with Crippen LogP contribution in [0.2, 0.25) is 0 Å². The maximum atomic E-state index is 13.2. The summed E-state index contributed by atoms with van der Waals surface area (Å²) in [6.45, 7) is 5.61. The molecule has 0 atom stereocenters. The number of amides is 1. The van der Waals surface area contributed by atoms with E-state index in [2.05, 4.69) is 11.0 Å². The van der Waals surface area contributed by atoms with Crippen LogP contribution in [0.5, 0.6) is 5.75 Å². The van der Waals surface area contributed by atoms with Crippen LogP contribution in [0.15, 0.2) is 60.7 Å². The van der Waals surface area contributed by atoms with Gasteiger partial charge in [0, 0.05) is 31.7 Å². The minimum Gasteiger partial charge on any atom is -0.494 e. The Morgan fingerprint density at radius 2 is 1.83 bits per heavy atom. The number of nitrogens with zero attached hydrogens (tertiary/aromatic N) is 3. The Morgan fingerprint density at radius 1 is 1.03 bits per heavy atom. The summed E-state index contributed by atoms with van der Waals surface area (Å²) in [6, 6.07) is 20.0. The molecular formula is C24H23N3O2S. The number of hydrogen-bond donors (Lipinski definition) is 0. The highest BCUT2D eigenvalue weighted by Crippen LogP contribution is 2.32. The lowest BCUT2D eigenvalue weighted by atomic mass is 10.0. The molecule has 0 N–H and O–H groups in total. The molecular weight excluding hydrogens is 394 g/mol. The molecule has 4 aromatic rings. The van der Waals surface area contributed by atoms with Crippen molar-refractivity contribution in [2.45, 2.75) is 6.92 Å². The molecule has 3 aromatic carbocycles. The van der Waals surface area contributed by atoms with Crippen molar-refractivity contribution in [2.75, 3.05) is 37.7 Å². The van der Waals surface area contributed by atoms with Crippen LogP contribution >= 0.6 is 11.3 Å². The van der Waals surface area contributed by atoms with Gasteiger partial charge in [-0.15, -0.1) is 0 Å². The lowest BCUT2D eigenvalue weighted by Gasteiger charge is -2.34. The number of fused-ring (bicyclic) bond motifs is 2. The number of rotatable bonds is 4. The van der Waals surface area contributed by atoms with Crippen molar-refractivity contribution < 1.29 is 9.53 Å². The van der Waals surface area contributed by atoms with Gasteiger partial charge in [-0.1, -0.05) is 47.7 Å². The average molecular weight is 418 g/mol. The fourth-order valence-electron chi connectivity index (χ4n) is 3.97. The molecule has 2 heterocycles. The number of thiazole rings is 1. The van der Waals surface area contributed by atoms with Crippen molar-refractivity contribution in [2.24, 2.45) is 0 Å². The van der Waals surface area contributed by atoms with E-state index in [1.165, 1.54) is 0 Å². The van der Waals surface area contributed by atoms with Gasteiger partial charge >= 0.3 is 0 Å². The van der Waals surface area contributed by atoms with E-state index in [4.69, 9.17) is 9.72 Å². The molecule has 1 saturated heterocycles. The number of piperazine rings is 1. The third kappa shape index (κ3) is 3.48. The van der Waals surface area contributed by atoms with Gasteiger partial charge in [-0.3, -0.25) is 4.79 Å². The molecule has 6 heteroatoms. The van der Waals surface area contributed by atoms with Crippen molar-refractivity contribution >= 4 is 43.4 Å². The second-order valence-corrected chi connectivity index (χ2v) is 8.37. The summed E-state index contributed by atoms with van der Waals surface area (Å²) in [5.74, 6) is 0.989. The highest BCUT2D eigenvalue weighted by molar-refractivity contribution is 7.22. The SMILES string of the molecule is CCOc1ccc2nc(N3CCN(C(=O)c4cccc5ccccc45)CC3)sc2c1. The van der Waals surface area contributed by atoms with Crippen LogP contribution in [0.25, 0.3) is 21.0 Å². The second kappa shape index (κ2) is 7.95. The smallest absolute Gasteiger partial charge is 0.254 e. The number of anilines is 1. The van der Waals surface area contributed by atoms with E-state index < -0.39 is 0 Å². The monoisotopic (exact) mass is 417 g/mol. The van der Waals surface area contributed by atoms with E-state index in [9.17, 15) is 4.79 Å². The first-order chi connectivity index (χ1) is 14.7. The molecule has 1 fully saturated rings. The Bertz CT molecular complexity index is 1210. The molecule has 0 unspecified atom stereocenters. The second-order valence-electron chi connectivity index (χ2n) is 7.36. The fraction of sp³-hybridized carbons (Fsp3) is 0.250. The molecule has 152 valence electrons. The maximum Gasteiger partial charge on any atom is 0.254 e. The van der Waals surface area contributed by atoms with Crippen LogP contribution in [-0.2, 0) is 0 Å². The van der Waals surface area contributed by atoms with Gasteiger partial charge in [0.05, 0.1) is 16.8 Å². The number of aromatic nitrogens is 1. The molecule has 0 spiro atoms. The Balaban J connectivity index is 1.31. The molecule has 30 heavy (non-hydrogen) atoms. The average Bonchev–Trinajstić information content (AvgIpc) is 3.22. The predicted octanol–water partition coefficient (Wildman–Crippen LogP) is 4.81. The van der Waals surface area contributed by atoms with Crippen LogP contribution in [0.1, 0.15) is 17.3 Å². The van der Waals surface area contributed by atoms with Gasteiger partial charge < -0.3 is 14.5 Å². The third-order valence-corrected chi connectivity index (χ3v) is 6.60. The predicted molar refractivity (Wildman–Crippen MR) is 123 cm³/mol. The van der Waals surface area contributed by atoms with E-state index in [-0.39, 0.29) is 5.91 Å². The van der Waals surface area contributed by atoms with Gasteiger partial charge in [-0.05, 0) is 42.0 Å². The number of carbonyl (C=O) groups excluding carboxylic acids is 1. The Kier molecular flexibility index (Phi) is 5.01. The van der Waals surface area contributed by atoms with Crippen LogP contribution in [0.4, 0.5) is 5.13 Å². The van der Waals surface area contributed by atoms with Gasteiger partial charge in [-0.25, -0.2) is 4.98 Å². The number of benzene rings is 3. The minimum absolute atomic E-state index is 0.108. The molecule has 0 bridgehead atoms. The van der Waals surface area contributed by atoms with Gasteiger partial charge in [0.25, 0.3) is 5.91 Å². The largest absolute Gasteiger partial charge is 0.494 e. The molecule has 1 aliphatic rings. The molecule has 0 saturated carbocycles. The first-order valence-corrected chi connectivity index (χ1v) is 11.1. The summed E-state index contributed by atoms with van der Waals surface area (Å²) >= 11 is 1.68. The molecule has 1 amide bonds. The van der Waals surface area contributed by atoms with E-state index in [0.717, 1.165) is 50.5 Å². The number of ether oxygens (including phenoxy) is 1. The first kappa shape index (κ1) is 18.9. The quantitative estimate of drug-likeness (QED) is 0.478. The maximum absolute atomic E-state index is 13.2. The summed E-state index contributed by atoms with van der Waals surface area (Å²) in [4.78, 5) is 22.2. The molecule has 5 nitrogen and oxygen atoms in total. The van der Waals surface area contributed by atoms with Gasteiger partial charge in [0.2, 0.25) is 0 Å². The topological polar surface area (TPSA) is 45.7 Å². The third-order valence-electron chi connectivity index (χ3n) is 5.52. The van der Waals surface area contributed by atoms with Crippen LogP contribution in [0, 0.1) is 0 Å².